The Morgan fingerprint density at radius 2 is 1.74 bits per heavy atom. The second-order valence-corrected chi connectivity index (χ2v) is 11.8. The normalized spacial score (nSPS) is 28.5. The van der Waals surface area contributed by atoms with Crippen molar-refractivity contribution in [2.24, 2.45) is 11.8 Å². The van der Waals surface area contributed by atoms with Crippen molar-refractivity contribution in [1.82, 2.24) is 9.97 Å². The van der Waals surface area contributed by atoms with Gasteiger partial charge in [-0.15, -0.1) is 0 Å². The van der Waals surface area contributed by atoms with Crippen LogP contribution in [0.4, 0.5) is 26.2 Å². The van der Waals surface area contributed by atoms with E-state index in [-0.39, 0.29) is 23.3 Å². The van der Waals surface area contributed by atoms with Crippen LogP contribution in [0.15, 0.2) is 29.2 Å². The highest BCUT2D eigenvalue weighted by atomic mass is 35.5. The topological polar surface area (TPSA) is 81.6 Å². The van der Waals surface area contributed by atoms with E-state index in [4.69, 9.17) is 11.6 Å². The predicted octanol–water partition coefficient (Wildman–Crippen LogP) is 3.24. The Kier molecular flexibility index (Phi) is 5.27. The molecule has 3 aliphatic heterocycles. The van der Waals surface area contributed by atoms with Crippen LogP contribution in [-0.2, 0) is 16.7 Å². The zero-order valence-corrected chi connectivity index (χ0v) is 20.1. The molecule has 34 heavy (non-hydrogen) atoms. The maximum atomic E-state index is 14.7. The second-order valence-electron chi connectivity index (χ2n) is 9.97. The van der Waals surface area contributed by atoms with Gasteiger partial charge in [0.25, 0.3) is 0 Å². The summed E-state index contributed by atoms with van der Waals surface area (Å²) >= 11 is 6.01. The molecule has 0 radical (unpaired) electrons. The molecule has 11 heteroatoms. The van der Waals surface area contributed by atoms with Gasteiger partial charge in [0.1, 0.15) is 16.4 Å². The smallest absolute Gasteiger partial charge is 0.302 e. The molecule has 3 unspecified atom stereocenters. The lowest BCUT2D eigenvalue weighted by molar-refractivity contribution is 0.0191. The summed E-state index contributed by atoms with van der Waals surface area (Å²) < 4.78 is 42.1. The SMILES string of the molecule is O=S1CC(F)(F)c2nc(N3CC4CN(c5ccc(Cl)cc5)CC4C3)nc(NC3(CO)CCC3)c21. The van der Waals surface area contributed by atoms with Gasteiger partial charge in [-0.1, -0.05) is 11.6 Å². The van der Waals surface area contributed by atoms with Crippen molar-refractivity contribution in [3.63, 3.8) is 0 Å². The Morgan fingerprint density at radius 3 is 2.32 bits per heavy atom. The van der Waals surface area contributed by atoms with Gasteiger partial charge >= 0.3 is 5.92 Å². The lowest BCUT2D eigenvalue weighted by atomic mass is 9.77. The number of hydrogen-bond acceptors (Lipinski definition) is 7. The molecule has 3 atom stereocenters. The van der Waals surface area contributed by atoms with Crippen molar-refractivity contribution < 1.29 is 18.1 Å². The van der Waals surface area contributed by atoms with E-state index >= 15 is 0 Å². The van der Waals surface area contributed by atoms with Crippen molar-refractivity contribution >= 4 is 39.9 Å². The summed E-state index contributed by atoms with van der Waals surface area (Å²) in [5.41, 5.74) is 0.0929. The van der Waals surface area contributed by atoms with E-state index in [1.54, 1.807) is 0 Å². The summed E-state index contributed by atoms with van der Waals surface area (Å²) in [6, 6.07) is 7.80. The first-order chi connectivity index (χ1) is 16.3. The lowest BCUT2D eigenvalue weighted by Crippen LogP contribution is -2.48. The number of aromatic nitrogens is 2. The first-order valence-corrected chi connectivity index (χ1v) is 13.3. The Balaban J connectivity index is 1.27. The molecule has 0 spiro atoms. The summed E-state index contributed by atoms with van der Waals surface area (Å²) in [4.78, 5) is 13.2. The van der Waals surface area contributed by atoms with Crippen LogP contribution >= 0.6 is 11.6 Å². The van der Waals surface area contributed by atoms with Crippen molar-refractivity contribution in [3.8, 4) is 0 Å². The number of anilines is 3. The monoisotopic (exact) mass is 509 g/mol. The van der Waals surface area contributed by atoms with Crippen molar-refractivity contribution in [2.75, 3.05) is 53.7 Å². The van der Waals surface area contributed by atoms with Crippen LogP contribution in [0.2, 0.25) is 5.02 Å². The molecule has 7 nitrogen and oxygen atoms in total. The maximum Gasteiger partial charge on any atom is 0.302 e. The molecule has 1 aliphatic carbocycles. The molecule has 2 N–H and O–H groups in total. The maximum absolute atomic E-state index is 14.7. The highest BCUT2D eigenvalue weighted by Gasteiger charge is 2.50. The lowest BCUT2D eigenvalue weighted by Gasteiger charge is -2.41. The fourth-order valence-electron chi connectivity index (χ4n) is 5.63. The van der Waals surface area contributed by atoms with E-state index in [1.165, 1.54) is 0 Å². The first-order valence-electron chi connectivity index (χ1n) is 11.6. The van der Waals surface area contributed by atoms with E-state index in [9.17, 15) is 18.1 Å². The average Bonchev–Trinajstić information content (AvgIpc) is 3.41. The predicted molar refractivity (Wildman–Crippen MR) is 127 cm³/mol. The van der Waals surface area contributed by atoms with Crippen LogP contribution in [-0.4, -0.2) is 63.4 Å². The highest BCUT2D eigenvalue weighted by Crippen LogP contribution is 2.45. The van der Waals surface area contributed by atoms with Crippen LogP contribution in [0.25, 0.3) is 0 Å². The van der Waals surface area contributed by atoms with Crippen LogP contribution in [0, 0.1) is 11.8 Å². The third kappa shape index (κ3) is 3.65. The van der Waals surface area contributed by atoms with Gasteiger partial charge in [0.15, 0.2) is 0 Å². The summed E-state index contributed by atoms with van der Waals surface area (Å²) in [5, 5.41) is 13.8. The van der Waals surface area contributed by atoms with Crippen LogP contribution < -0.4 is 15.1 Å². The number of fused-ring (bicyclic) bond motifs is 2. The minimum absolute atomic E-state index is 0.0122. The van der Waals surface area contributed by atoms with Crippen LogP contribution in [0.1, 0.15) is 25.0 Å². The van der Waals surface area contributed by atoms with Gasteiger partial charge in [-0.2, -0.15) is 13.8 Å². The molecule has 0 amide bonds. The Bertz CT molecular complexity index is 1130. The van der Waals surface area contributed by atoms with E-state index < -0.39 is 33.7 Å². The average molecular weight is 510 g/mol. The zero-order valence-electron chi connectivity index (χ0n) is 18.5. The van der Waals surface area contributed by atoms with Gasteiger partial charge in [0.05, 0.1) is 28.7 Å². The van der Waals surface area contributed by atoms with E-state index in [0.29, 0.717) is 29.9 Å². The standard InChI is InChI=1S/C23H26ClF2N5O2S/c24-16-2-4-17(5-3-16)30-8-14-10-31(11-15(14)9-30)21-27-19-18(34(33)13-23(19,25)26)20(28-21)29-22(12-32)6-1-7-22/h2-5,14-15,32H,1,6-13H2,(H,27,28,29). The molecular formula is C23H26ClF2N5O2S. The quantitative estimate of drug-likeness (QED) is 0.640. The molecule has 6 rings (SSSR count). The fraction of sp³-hybridized carbons (Fsp3) is 0.565. The van der Waals surface area contributed by atoms with E-state index in [1.807, 2.05) is 29.2 Å². The highest BCUT2D eigenvalue weighted by molar-refractivity contribution is 7.85. The number of rotatable bonds is 5. The number of alkyl halides is 2. The Morgan fingerprint density at radius 1 is 1.09 bits per heavy atom. The minimum atomic E-state index is -3.26. The van der Waals surface area contributed by atoms with E-state index in [0.717, 1.165) is 38.0 Å². The molecule has 3 fully saturated rings. The van der Waals surface area contributed by atoms with Crippen LogP contribution in [0.3, 0.4) is 0 Å². The molecule has 0 bridgehead atoms. The molecule has 1 aromatic heterocycles. The molecule has 1 saturated carbocycles. The molecule has 2 saturated heterocycles. The van der Waals surface area contributed by atoms with Gasteiger partial charge < -0.3 is 20.2 Å². The Labute approximate surface area is 204 Å². The molecule has 1 aromatic carbocycles. The van der Waals surface area contributed by atoms with Gasteiger partial charge in [0, 0.05) is 48.7 Å². The number of nitrogens with zero attached hydrogens (tertiary/aromatic N) is 4. The van der Waals surface area contributed by atoms with Crippen molar-refractivity contribution in [1.29, 1.82) is 0 Å². The first kappa shape index (κ1) is 22.4. The summed E-state index contributed by atoms with van der Waals surface area (Å²) in [7, 11) is -1.89. The fourth-order valence-corrected chi connectivity index (χ4v) is 7.09. The van der Waals surface area contributed by atoms with E-state index in [2.05, 4.69) is 20.2 Å². The number of hydrogen-bond donors (Lipinski definition) is 2. The zero-order chi connectivity index (χ0) is 23.7. The number of benzene rings is 1. The van der Waals surface area contributed by atoms with Gasteiger partial charge in [-0.05, 0) is 43.5 Å². The third-order valence-electron chi connectivity index (χ3n) is 7.70. The summed E-state index contributed by atoms with van der Waals surface area (Å²) in [6.07, 6.45) is 2.37. The van der Waals surface area contributed by atoms with Crippen molar-refractivity contribution in [3.05, 3.63) is 35.0 Å². The molecule has 4 aliphatic rings. The number of aliphatic hydroxyl groups is 1. The minimum Gasteiger partial charge on any atom is -0.394 e. The van der Waals surface area contributed by atoms with Crippen LogP contribution in [0.5, 0.6) is 0 Å². The van der Waals surface area contributed by atoms with Gasteiger partial charge in [-0.25, -0.2) is 4.98 Å². The largest absolute Gasteiger partial charge is 0.394 e. The van der Waals surface area contributed by atoms with Gasteiger partial charge in [-0.3, -0.25) is 4.21 Å². The third-order valence-corrected chi connectivity index (χ3v) is 9.42. The molecule has 182 valence electrons. The number of nitrogens with one attached hydrogen (secondary N) is 1. The van der Waals surface area contributed by atoms with Gasteiger partial charge in [0.2, 0.25) is 5.95 Å². The number of aliphatic hydroxyl groups excluding tert-OH is 1. The Hall–Kier alpha value is -2.04. The summed E-state index contributed by atoms with van der Waals surface area (Å²) in [6.45, 7) is 2.96. The summed E-state index contributed by atoms with van der Waals surface area (Å²) in [5.74, 6) is -2.86. The molecule has 2 aromatic rings. The molecular weight excluding hydrogens is 484 g/mol. The number of halogens is 3. The van der Waals surface area contributed by atoms with Crippen molar-refractivity contribution in [2.45, 2.75) is 35.6 Å². The second kappa shape index (κ2) is 7.99. The molecule has 4 heterocycles.